The average Bonchev–Trinajstić information content (AvgIpc) is 2.97. The molecule has 0 aromatic heterocycles. The lowest BCUT2D eigenvalue weighted by Crippen LogP contribution is -1.91. The molecule has 7 rings (SSSR count). The molecule has 0 aliphatic rings. The molecule has 174 valence electrons. The first-order valence-corrected chi connectivity index (χ1v) is 12.6. The number of para-hydroxylation sites is 1. The highest BCUT2D eigenvalue weighted by Crippen LogP contribution is 2.44. The molecule has 1 heteroatoms. The van der Waals surface area contributed by atoms with Crippen LogP contribution < -0.4 is 4.74 Å². The highest BCUT2D eigenvalue weighted by Gasteiger charge is 2.16. The molecule has 0 radical (unpaired) electrons. The second kappa shape index (κ2) is 8.96. The number of benzene rings is 7. The minimum Gasteiger partial charge on any atom is -0.457 e. The monoisotopic (exact) mass is 472 g/mol. The third-order valence-electron chi connectivity index (χ3n) is 7.09. The summed E-state index contributed by atoms with van der Waals surface area (Å²) in [4.78, 5) is 0. The largest absolute Gasteiger partial charge is 0.457 e. The molecule has 0 heterocycles. The van der Waals surface area contributed by atoms with E-state index in [1.54, 1.807) is 0 Å². The molecule has 1 nitrogen and oxygen atoms in total. The summed E-state index contributed by atoms with van der Waals surface area (Å²) in [5.74, 6) is 1.67. The van der Waals surface area contributed by atoms with Gasteiger partial charge >= 0.3 is 0 Å². The first kappa shape index (κ1) is 21.4. The van der Waals surface area contributed by atoms with E-state index < -0.39 is 0 Å². The maximum atomic E-state index is 6.06. The second-order valence-corrected chi connectivity index (χ2v) is 9.34. The third kappa shape index (κ3) is 3.82. The van der Waals surface area contributed by atoms with Crippen LogP contribution in [0.3, 0.4) is 0 Å². The van der Waals surface area contributed by atoms with Crippen LogP contribution in [0.25, 0.3) is 54.6 Å². The Hall–Kier alpha value is -4.88. The number of rotatable bonds is 4. The molecule has 0 atom stereocenters. The Balaban J connectivity index is 1.44. The van der Waals surface area contributed by atoms with Gasteiger partial charge in [0.25, 0.3) is 0 Å². The van der Waals surface area contributed by atoms with Crippen LogP contribution in [-0.2, 0) is 0 Å². The number of hydrogen-bond acceptors (Lipinski definition) is 1. The molecule has 0 aliphatic carbocycles. The van der Waals surface area contributed by atoms with Gasteiger partial charge in [-0.2, -0.15) is 0 Å². The molecular formula is C36H24O. The summed E-state index contributed by atoms with van der Waals surface area (Å²) < 4.78 is 6.06. The zero-order valence-corrected chi connectivity index (χ0v) is 20.3. The van der Waals surface area contributed by atoms with Crippen molar-refractivity contribution in [2.75, 3.05) is 0 Å². The first-order chi connectivity index (χ1) is 18.3. The molecule has 0 bridgehead atoms. The zero-order chi connectivity index (χ0) is 24.6. The summed E-state index contributed by atoms with van der Waals surface area (Å²) >= 11 is 0. The summed E-state index contributed by atoms with van der Waals surface area (Å²) in [7, 11) is 0. The fraction of sp³-hybridized carbons (Fsp3) is 0. The van der Waals surface area contributed by atoms with Crippen molar-refractivity contribution in [1.29, 1.82) is 0 Å². The van der Waals surface area contributed by atoms with Crippen molar-refractivity contribution >= 4 is 32.3 Å². The van der Waals surface area contributed by atoms with Crippen molar-refractivity contribution < 1.29 is 4.74 Å². The molecule has 0 amide bonds. The molecule has 7 aromatic carbocycles. The van der Waals surface area contributed by atoms with E-state index in [9.17, 15) is 0 Å². The van der Waals surface area contributed by atoms with Crippen LogP contribution in [0, 0.1) is 0 Å². The molecule has 0 saturated heterocycles. The molecule has 0 aliphatic heterocycles. The average molecular weight is 473 g/mol. The van der Waals surface area contributed by atoms with E-state index in [4.69, 9.17) is 4.74 Å². The predicted octanol–water partition coefficient (Wildman–Crippen LogP) is 10.3. The lowest BCUT2D eigenvalue weighted by atomic mass is 9.85. The zero-order valence-electron chi connectivity index (χ0n) is 20.3. The Bertz CT molecular complexity index is 1830. The van der Waals surface area contributed by atoms with Crippen molar-refractivity contribution in [3.05, 3.63) is 146 Å². The topological polar surface area (TPSA) is 9.23 Å². The minimum absolute atomic E-state index is 0.830. The van der Waals surface area contributed by atoms with Gasteiger partial charge in [-0.1, -0.05) is 115 Å². The molecule has 7 aromatic rings. The molecular weight excluding hydrogens is 448 g/mol. The molecule has 37 heavy (non-hydrogen) atoms. The summed E-state index contributed by atoms with van der Waals surface area (Å²) in [5, 5.41) is 7.54. The molecule has 0 saturated carbocycles. The van der Waals surface area contributed by atoms with Gasteiger partial charge in [-0.3, -0.25) is 0 Å². The summed E-state index contributed by atoms with van der Waals surface area (Å²) in [6, 6.07) is 51.3. The lowest BCUT2D eigenvalue weighted by Gasteiger charge is -2.18. The molecule has 0 spiro atoms. The van der Waals surface area contributed by atoms with Crippen LogP contribution >= 0.6 is 0 Å². The minimum atomic E-state index is 0.830. The van der Waals surface area contributed by atoms with E-state index in [1.165, 1.54) is 54.6 Å². The molecule has 0 fully saturated rings. The number of ether oxygens (including phenoxy) is 1. The Morgan fingerprint density at radius 2 is 0.784 bits per heavy atom. The van der Waals surface area contributed by atoms with Gasteiger partial charge in [0.1, 0.15) is 11.5 Å². The van der Waals surface area contributed by atoms with Gasteiger partial charge in [0.05, 0.1) is 0 Å². The van der Waals surface area contributed by atoms with Gasteiger partial charge in [0.2, 0.25) is 0 Å². The highest BCUT2D eigenvalue weighted by molar-refractivity contribution is 6.21. The van der Waals surface area contributed by atoms with E-state index in [-0.39, 0.29) is 0 Å². The van der Waals surface area contributed by atoms with Crippen LogP contribution in [0.1, 0.15) is 0 Å². The standard InChI is InChI=1S/C36H24O/c1-2-12-29(13-3-1)37-30-22-20-26(21-23-30)35-31-14-6-8-16-33(31)36(34-17-9-7-15-32(34)35)28-19-18-25-10-4-5-11-27(25)24-28/h1-24H. The van der Waals surface area contributed by atoms with E-state index in [0.717, 1.165) is 11.5 Å². The van der Waals surface area contributed by atoms with Crippen LogP contribution in [0.2, 0.25) is 0 Å². The van der Waals surface area contributed by atoms with Crippen LogP contribution in [0.5, 0.6) is 11.5 Å². The molecule has 0 N–H and O–H groups in total. The van der Waals surface area contributed by atoms with Crippen molar-refractivity contribution in [2.24, 2.45) is 0 Å². The SMILES string of the molecule is c1ccc(Oc2ccc(-c3c4ccccc4c(-c4ccc5ccccc5c4)c4ccccc34)cc2)cc1. The maximum absolute atomic E-state index is 6.06. The normalized spacial score (nSPS) is 11.2. The van der Waals surface area contributed by atoms with Gasteiger partial charge < -0.3 is 4.74 Å². The quantitative estimate of drug-likeness (QED) is 0.232. The Morgan fingerprint density at radius 1 is 0.324 bits per heavy atom. The number of fused-ring (bicyclic) bond motifs is 3. The predicted molar refractivity (Wildman–Crippen MR) is 156 cm³/mol. The van der Waals surface area contributed by atoms with Gasteiger partial charge in [-0.05, 0) is 84.9 Å². The summed E-state index contributed by atoms with van der Waals surface area (Å²) in [6.07, 6.45) is 0. The van der Waals surface area contributed by atoms with Crippen molar-refractivity contribution in [1.82, 2.24) is 0 Å². The van der Waals surface area contributed by atoms with Crippen molar-refractivity contribution in [2.45, 2.75) is 0 Å². The number of hydrogen-bond donors (Lipinski definition) is 0. The Kier molecular flexibility index (Phi) is 5.19. The van der Waals surface area contributed by atoms with E-state index in [2.05, 4.69) is 115 Å². The van der Waals surface area contributed by atoms with Gasteiger partial charge in [0.15, 0.2) is 0 Å². The smallest absolute Gasteiger partial charge is 0.127 e. The lowest BCUT2D eigenvalue weighted by molar-refractivity contribution is 0.483. The molecule has 0 unspecified atom stereocenters. The Morgan fingerprint density at radius 3 is 1.41 bits per heavy atom. The highest BCUT2D eigenvalue weighted by atomic mass is 16.5. The summed E-state index contributed by atoms with van der Waals surface area (Å²) in [5.41, 5.74) is 4.95. The van der Waals surface area contributed by atoms with Crippen LogP contribution in [0.15, 0.2) is 146 Å². The van der Waals surface area contributed by atoms with Gasteiger partial charge in [-0.15, -0.1) is 0 Å². The van der Waals surface area contributed by atoms with Crippen molar-refractivity contribution in [3.8, 4) is 33.8 Å². The van der Waals surface area contributed by atoms with E-state index in [1.807, 2.05) is 30.3 Å². The fourth-order valence-corrected chi connectivity index (χ4v) is 5.41. The first-order valence-electron chi connectivity index (χ1n) is 12.6. The van der Waals surface area contributed by atoms with Crippen LogP contribution in [-0.4, -0.2) is 0 Å². The van der Waals surface area contributed by atoms with Crippen molar-refractivity contribution in [3.63, 3.8) is 0 Å². The van der Waals surface area contributed by atoms with E-state index in [0.29, 0.717) is 0 Å². The van der Waals surface area contributed by atoms with Gasteiger partial charge in [0, 0.05) is 0 Å². The second-order valence-electron chi connectivity index (χ2n) is 9.34. The fourth-order valence-electron chi connectivity index (χ4n) is 5.41. The Labute approximate surface area is 216 Å². The van der Waals surface area contributed by atoms with Gasteiger partial charge in [-0.25, -0.2) is 0 Å². The summed E-state index contributed by atoms with van der Waals surface area (Å²) in [6.45, 7) is 0. The van der Waals surface area contributed by atoms with E-state index >= 15 is 0 Å². The maximum Gasteiger partial charge on any atom is 0.127 e. The van der Waals surface area contributed by atoms with Crippen LogP contribution in [0.4, 0.5) is 0 Å². The third-order valence-corrected chi connectivity index (χ3v) is 7.09.